The van der Waals surface area contributed by atoms with E-state index in [4.69, 9.17) is 5.26 Å². The van der Waals surface area contributed by atoms with Crippen molar-refractivity contribution in [1.29, 1.82) is 5.26 Å². The number of fused-ring (bicyclic) bond motifs is 2. The van der Waals surface area contributed by atoms with Gasteiger partial charge in [-0.1, -0.05) is 6.42 Å². The number of piperidine rings is 2. The molecule has 1 N–H and O–H groups in total. The molecular formula is C15H20N4. The molecule has 100 valence electrons. The number of hydrogen-bond acceptors (Lipinski definition) is 4. The number of aromatic nitrogens is 1. The highest BCUT2D eigenvalue weighted by atomic mass is 15.2. The van der Waals surface area contributed by atoms with Crippen molar-refractivity contribution >= 4 is 5.69 Å². The average molecular weight is 256 g/mol. The van der Waals surface area contributed by atoms with Crippen LogP contribution in [0.3, 0.4) is 0 Å². The molecule has 0 saturated carbocycles. The van der Waals surface area contributed by atoms with Gasteiger partial charge in [-0.2, -0.15) is 5.26 Å². The fraction of sp³-hybridized carbons (Fsp3) is 0.600. The van der Waals surface area contributed by atoms with Crippen LogP contribution in [0.5, 0.6) is 0 Å². The highest BCUT2D eigenvalue weighted by molar-refractivity contribution is 5.53. The molecule has 0 radical (unpaired) electrons. The number of anilines is 1. The molecule has 0 aliphatic carbocycles. The van der Waals surface area contributed by atoms with E-state index >= 15 is 0 Å². The maximum Gasteiger partial charge on any atom is 0.163 e. The maximum atomic E-state index is 9.09. The van der Waals surface area contributed by atoms with Crippen molar-refractivity contribution in [2.45, 2.75) is 50.2 Å². The largest absolute Gasteiger partial charge is 0.380 e. The molecule has 4 nitrogen and oxygen atoms in total. The van der Waals surface area contributed by atoms with E-state index in [1.54, 1.807) is 6.20 Å². The van der Waals surface area contributed by atoms with Gasteiger partial charge in [-0.25, -0.2) is 4.98 Å². The minimum atomic E-state index is 0.475. The third kappa shape index (κ3) is 2.43. The van der Waals surface area contributed by atoms with Crippen molar-refractivity contribution in [3.8, 4) is 6.07 Å². The van der Waals surface area contributed by atoms with Crippen LogP contribution in [0.1, 0.15) is 37.8 Å². The van der Waals surface area contributed by atoms with Crippen molar-refractivity contribution in [2.24, 2.45) is 0 Å². The molecule has 19 heavy (non-hydrogen) atoms. The molecule has 1 aromatic rings. The van der Waals surface area contributed by atoms with Crippen LogP contribution in [0.25, 0.3) is 0 Å². The number of hydrogen-bond donors (Lipinski definition) is 1. The first kappa shape index (κ1) is 12.4. The minimum absolute atomic E-state index is 0.475. The second-order valence-corrected chi connectivity index (χ2v) is 5.73. The summed E-state index contributed by atoms with van der Waals surface area (Å²) in [5, 5.41) is 12.6. The van der Waals surface area contributed by atoms with Crippen LogP contribution in [0.2, 0.25) is 0 Å². The Labute approximate surface area is 114 Å². The fourth-order valence-electron chi connectivity index (χ4n) is 3.56. The van der Waals surface area contributed by atoms with Gasteiger partial charge in [0.2, 0.25) is 0 Å². The van der Waals surface area contributed by atoms with E-state index in [9.17, 15) is 0 Å². The highest BCUT2D eigenvalue weighted by Gasteiger charge is 2.35. The third-order valence-electron chi connectivity index (χ3n) is 4.61. The minimum Gasteiger partial charge on any atom is -0.380 e. The molecule has 2 unspecified atom stereocenters. The molecule has 0 spiro atoms. The first-order valence-corrected chi connectivity index (χ1v) is 7.11. The van der Waals surface area contributed by atoms with Gasteiger partial charge in [0.25, 0.3) is 0 Å². The molecule has 2 bridgehead atoms. The molecule has 2 atom stereocenters. The van der Waals surface area contributed by atoms with E-state index in [-0.39, 0.29) is 0 Å². The lowest BCUT2D eigenvalue weighted by Gasteiger charge is -2.47. The Morgan fingerprint density at radius 2 is 2.11 bits per heavy atom. The predicted octanol–water partition coefficient (Wildman–Crippen LogP) is 2.38. The van der Waals surface area contributed by atoms with Crippen LogP contribution >= 0.6 is 0 Å². The van der Waals surface area contributed by atoms with Crippen LogP contribution in [-0.4, -0.2) is 35.1 Å². The number of nitriles is 1. The molecule has 2 fully saturated rings. The quantitative estimate of drug-likeness (QED) is 0.882. The van der Waals surface area contributed by atoms with Crippen molar-refractivity contribution in [2.75, 3.05) is 12.4 Å². The first-order valence-electron chi connectivity index (χ1n) is 7.11. The van der Waals surface area contributed by atoms with Crippen LogP contribution in [0.15, 0.2) is 18.3 Å². The summed E-state index contributed by atoms with van der Waals surface area (Å²) in [7, 11) is 2.26. The molecule has 2 aliphatic rings. The summed E-state index contributed by atoms with van der Waals surface area (Å²) >= 11 is 0. The van der Waals surface area contributed by atoms with E-state index in [0.29, 0.717) is 23.8 Å². The van der Waals surface area contributed by atoms with Crippen molar-refractivity contribution in [3.63, 3.8) is 0 Å². The molecule has 4 heteroatoms. The van der Waals surface area contributed by atoms with Crippen molar-refractivity contribution < 1.29 is 0 Å². The van der Waals surface area contributed by atoms with Gasteiger partial charge >= 0.3 is 0 Å². The lowest BCUT2D eigenvalue weighted by atomic mass is 9.82. The third-order valence-corrected chi connectivity index (χ3v) is 4.61. The standard InChI is InChI=1S/C15H20N4/c1-19-12-4-2-5-13(19)9-11(8-12)18-14-6-3-7-17-15(14)10-16/h3,6-7,11-13,18H,2,4-5,8-9H2,1H3. The second kappa shape index (κ2) is 5.18. The number of nitrogens with zero attached hydrogens (tertiary/aromatic N) is 3. The lowest BCUT2D eigenvalue weighted by molar-refractivity contribution is 0.0608. The van der Waals surface area contributed by atoms with Gasteiger partial charge in [0.1, 0.15) is 6.07 Å². The summed E-state index contributed by atoms with van der Waals surface area (Å²) in [4.78, 5) is 6.67. The summed E-state index contributed by atoms with van der Waals surface area (Å²) in [6.45, 7) is 0. The molecule has 2 saturated heterocycles. The Bertz CT molecular complexity index is 479. The molecule has 1 aromatic heterocycles. The topological polar surface area (TPSA) is 52.0 Å². The van der Waals surface area contributed by atoms with Gasteiger partial charge in [-0.3, -0.25) is 0 Å². The predicted molar refractivity (Wildman–Crippen MR) is 74.8 cm³/mol. The number of nitrogens with one attached hydrogen (secondary N) is 1. The molecule has 3 heterocycles. The van der Waals surface area contributed by atoms with E-state index in [1.807, 2.05) is 12.1 Å². The summed E-state index contributed by atoms with van der Waals surface area (Å²) in [6.07, 6.45) is 8.00. The van der Waals surface area contributed by atoms with Gasteiger partial charge in [0.05, 0.1) is 5.69 Å². The zero-order valence-electron chi connectivity index (χ0n) is 11.3. The van der Waals surface area contributed by atoms with E-state index < -0.39 is 0 Å². The van der Waals surface area contributed by atoms with Crippen LogP contribution in [0, 0.1) is 11.3 Å². The van der Waals surface area contributed by atoms with Gasteiger partial charge < -0.3 is 10.2 Å². The smallest absolute Gasteiger partial charge is 0.163 e. The lowest BCUT2D eigenvalue weighted by Crippen LogP contribution is -2.52. The Balaban J connectivity index is 1.73. The SMILES string of the molecule is CN1C2CCCC1CC(Nc1cccnc1C#N)C2. The molecular weight excluding hydrogens is 236 g/mol. The summed E-state index contributed by atoms with van der Waals surface area (Å²) in [6, 6.07) is 7.88. The summed E-state index contributed by atoms with van der Waals surface area (Å²) in [5.41, 5.74) is 1.39. The van der Waals surface area contributed by atoms with Crippen molar-refractivity contribution in [3.05, 3.63) is 24.0 Å². The normalized spacial score (nSPS) is 30.6. The Morgan fingerprint density at radius 1 is 1.37 bits per heavy atom. The second-order valence-electron chi connectivity index (χ2n) is 5.73. The van der Waals surface area contributed by atoms with Gasteiger partial charge in [0.15, 0.2) is 5.69 Å². The number of rotatable bonds is 2. The zero-order chi connectivity index (χ0) is 13.2. The molecule has 3 rings (SSSR count). The van der Waals surface area contributed by atoms with E-state index in [2.05, 4.69) is 28.3 Å². The maximum absolute atomic E-state index is 9.09. The number of pyridine rings is 1. The summed E-state index contributed by atoms with van der Waals surface area (Å²) in [5.74, 6) is 0. The average Bonchev–Trinajstić information content (AvgIpc) is 2.40. The first-order chi connectivity index (χ1) is 9.28. The van der Waals surface area contributed by atoms with Crippen LogP contribution in [-0.2, 0) is 0 Å². The highest BCUT2D eigenvalue weighted by Crippen LogP contribution is 2.34. The Hall–Kier alpha value is -1.60. The van der Waals surface area contributed by atoms with Crippen LogP contribution < -0.4 is 5.32 Å². The Morgan fingerprint density at radius 3 is 2.79 bits per heavy atom. The van der Waals surface area contributed by atoms with Gasteiger partial charge in [-0.15, -0.1) is 0 Å². The van der Waals surface area contributed by atoms with E-state index in [1.165, 1.54) is 32.1 Å². The molecule has 0 aromatic carbocycles. The molecule has 2 aliphatic heterocycles. The Kier molecular flexibility index (Phi) is 3.39. The van der Waals surface area contributed by atoms with E-state index in [0.717, 1.165) is 5.69 Å². The summed E-state index contributed by atoms with van der Waals surface area (Å²) < 4.78 is 0. The fourth-order valence-corrected chi connectivity index (χ4v) is 3.56. The monoisotopic (exact) mass is 256 g/mol. The van der Waals surface area contributed by atoms with Crippen LogP contribution in [0.4, 0.5) is 5.69 Å². The molecule has 0 amide bonds. The zero-order valence-corrected chi connectivity index (χ0v) is 11.3. The van der Waals surface area contributed by atoms with Gasteiger partial charge in [0, 0.05) is 24.3 Å². The van der Waals surface area contributed by atoms with Gasteiger partial charge in [-0.05, 0) is 44.9 Å². The van der Waals surface area contributed by atoms with Crippen molar-refractivity contribution in [1.82, 2.24) is 9.88 Å².